The zero-order valence-corrected chi connectivity index (χ0v) is 13.3. The van der Waals surface area contributed by atoms with Crippen LogP contribution in [0.2, 0.25) is 0 Å². The molecule has 0 bridgehead atoms. The van der Waals surface area contributed by atoms with Gasteiger partial charge in [-0.05, 0) is 43.0 Å². The van der Waals surface area contributed by atoms with Crippen LogP contribution in [0.1, 0.15) is 37.6 Å². The second-order valence-corrected chi connectivity index (χ2v) is 6.40. The van der Waals surface area contributed by atoms with Gasteiger partial charge >= 0.3 is 0 Å². The first-order valence-electron chi connectivity index (χ1n) is 7.43. The lowest BCUT2D eigenvalue weighted by atomic mass is 9.87. The molecule has 0 aliphatic rings. The Bertz CT molecular complexity index is 601. The van der Waals surface area contributed by atoms with Crippen LogP contribution in [-0.2, 0) is 0 Å². The number of rotatable bonds is 6. The molecule has 1 unspecified atom stereocenters. The van der Waals surface area contributed by atoms with Crippen LogP contribution >= 0.6 is 0 Å². The van der Waals surface area contributed by atoms with E-state index in [4.69, 9.17) is 0 Å². The largest absolute Gasteiger partial charge is 0.393 e. The third-order valence-corrected chi connectivity index (χ3v) is 3.45. The van der Waals surface area contributed by atoms with Crippen molar-refractivity contribution in [1.29, 1.82) is 0 Å². The van der Waals surface area contributed by atoms with Gasteiger partial charge in [0.1, 0.15) is 5.82 Å². The van der Waals surface area contributed by atoms with Crippen molar-refractivity contribution in [2.75, 3.05) is 6.54 Å². The zero-order chi connectivity index (χ0) is 16.2. The summed E-state index contributed by atoms with van der Waals surface area (Å²) in [5.74, 6) is 0.626. The summed E-state index contributed by atoms with van der Waals surface area (Å²) in [6.45, 7) is 6.31. The molecule has 0 saturated carbocycles. The van der Waals surface area contributed by atoms with Crippen molar-refractivity contribution in [3.8, 4) is 5.82 Å². The fourth-order valence-electron chi connectivity index (χ4n) is 2.45. The first-order chi connectivity index (χ1) is 10.4. The molecule has 1 atom stereocenters. The first-order valence-corrected chi connectivity index (χ1v) is 7.43. The molecule has 5 nitrogen and oxygen atoms in total. The van der Waals surface area contributed by atoms with Crippen LogP contribution in [0.15, 0.2) is 42.9 Å². The van der Waals surface area contributed by atoms with E-state index in [1.165, 1.54) is 0 Å². The summed E-state index contributed by atoms with van der Waals surface area (Å²) < 4.78 is 1.88. The van der Waals surface area contributed by atoms with Crippen LogP contribution in [0.3, 0.4) is 0 Å². The van der Waals surface area contributed by atoms with E-state index < -0.39 is 0 Å². The minimum Gasteiger partial charge on any atom is -0.393 e. The van der Waals surface area contributed by atoms with Crippen LogP contribution in [0.4, 0.5) is 0 Å². The molecule has 2 heterocycles. The third-order valence-electron chi connectivity index (χ3n) is 3.45. The van der Waals surface area contributed by atoms with Crippen LogP contribution in [0.25, 0.3) is 5.82 Å². The van der Waals surface area contributed by atoms with E-state index in [1.54, 1.807) is 19.2 Å². The van der Waals surface area contributed by atoms with Gasteiger partial charge in [0.25, 0.3) is 5.91 Å². The average molecular weight is 301 g/mol. The Hall–Kier alpha value is -2.14. The van der Waals surface area contributed by atoms with Crippen LogP contribution in [0, 0.1) is 5.41 Å². The molecule has 0 aromatic carbocycles. The number of pyridine rings is 1. The summed E-state index contributed by atoms with van der Waals surface area (Å²) >= 11 is 0. The van der Waals surface area contributed by atoms with Gasteiger partial charge in [0.2, 0.25) is 0 Å². The number of hydrogen-bond acceptors (Lipinski definition) is 3. The zero-order valence-electron chi connectivity index (χ0n) is 13.3. The van der Waals surface area contributed by atoms with Crippen LogP contribution in [0.5, 0.6) is 0 Å². The van der Waals surface area contributed by atoms with Crippen LogP contribution in [-0.4, -0.2) is 33.2 Å². The van der Waals surface area contributed by atoms with E-state index in [2.05, 4.69) is 10.3 Å². The number of aromatic nitrogens is 2. The Morgan fingerprint density at radius 2 is 2.05 bits per heavy atom. The maximum atomic E-state index is 12.2. The molecule has 5 heteroatoms. The van der Waals surface area contributed by atoms with Gasteiger partial charge in [0.05, 0.1) is 11.7 Å². The van der Waals surface area contributed by atoms with Crippen molar-refractivity contribution >= 4 is 5.91 Å². The van der Waals surface area contributed by atoms with E-state index in [9.17, 15) is 9.90 Å². The second kappa shape index (κ2) is 6.75. The molecule has 2 aromatic rings. The molecule has 2 N–H and O–H groups in total. The highest BCUT2D eigenvalue weighted by molar-refractivity contribution is 5.93. The minimum absolute atomic E-state index is 0.148. The van der Waals surface area contributed by atoms with Crippen molar-refractivity contribution in [3.05, 3.63) is 48.4 Å². The number of carbonyl (C=O) groups is 1. The molecule has 0 radical (unpaired) electrons. The Balaban J connectivity index is 1.96. The Morgan fingerprint density at radius 1 is 1.36 bits per heavy atom. The lowest BCUT2D eigenvalue weighted by Crippen LogP contribution is -2.35. The van der Waals surface area contributed by atoms with Gasteiger partial charge in [-0.15, -0.1) is 0 Å². The fraction of sp³-hybridized carbons (Fsp3) is 0.412. The van der Waals surface area contributed by atoms with E-state index >= 15 is 0 Å². The van der Waals surface area contributed by atoms with Crippen molar-refractivity contribution in [1.82, 2.24) is 14.9 Å². The number of nitrogens with one attached hydrogen (secondary N) is 1. The maximum Gasteiger partial charge on any atom is 0.252 e. The van der Waals surface area contributed by atoms with Gasteiger partial charge in [0.15, 0.2) is 0 Å². The van der Waals surface area contributed by atoms with E-state index in [-0.39, 0.29) is 17.4 Å². The summed E-state index contributed by atoms with van der Waals surface area (Å²) in [6, 6.07) is 7.42. The van der Waals surface area contributed by atoms with Crippen molar-refractivity contribution in [2.24, 2.45) is 5.41 Å². The summed E-state index contributed by atoms with van der Waals surface area (Å²) in [6.07, 6.45) is 5.64. The Labute approximate surface area is 131 Å². The molecule has 0 aliphatic carbocycles. The van der Waals surface area contributed by atoms with Gasteiger partial charge < -0.3 is 15.0 Å². The minimum atomic E-state index is -0.380. The topological polar surface area (TPSA) is 67.2 Å². The van der Waals surface area contributed by atoms with E-state index in [0.29, 0.717) is 18.5 Å². The third kappa shape index (κ3) is 4.43. The number of carbonyl (C=O) groups excluding carboxylic acids is 1. The maximum absolute atomic E-state index is 12.2. The number of amides is 1. The highest BCUT2D eigenvalue weighted by Crippen LogP contribution is 2.21. The van der Waals surface area contributed by atoms with Crippen LogP contribution < -0.4 is 5.32 Å². The molecule has 0 fully saturated rings. The summed E-state index contributed by atoms with van der Waals surface area (Å²) in [4.78, 5) is 16.5. The first kappa shape index (κ1) is 16.2. The molecule has 22 heavy (non-hydrogen) atoms. The molecule has 2 rings (SSSR count). The molecular weight excluding hydrogens is 278 g/mol. The summed E-state index contributed by atoms with van der Waals surface area (Å²) in [5.41, 5.74) is 0.381. The SMILES string of the molecule is CC(O)CC(C)(C)CNC(=O)c1ccc(-n2cccc2)nc1. The normalized spacial score (nSPS) is 12.9. The predicted octanol–water partition coefficient (Wildman–Crippen LogP) is 2.40. The van der Waals surface area contributed by atoms with Gasteiger partial charge in [-0.1, -0.05) is 13.8 Å². The number of aliphatic hydroxyl groups excluding tert-OH is 1. The van der Waals surface area contributed by atoms with Crippen molar-refractivity contribution in [2.45, 2.75) is 33.3 Å². The van der Waals surface area contributed by atoms with Crippen molar-refractivity contribution in [3.63, 3.8) is 0 Å². The van der Waals surface area contributed by atoms with Gasteiger partial charge in [-0.2, -0.15) is 0 Å². The molecule has 0 aliphatic heterocycles. The smallest absolute Gasteiger partial charge is 0.252 e. The number of hydrogen-bond donors (Lipinski definition) is 2. The monoisotopic (exact) mass is 301 g/mol. The Kier molecular flexibility index (Phi) is 4.98. The fourth-order valence-corrected chi connectivity index (χ4v) is 2.45. The standard InChI is InChI=1S/C17H23N3O2/c1-13(21)10-17(2,3)12-19-16(22)14-6-7-15(18-11-14)20-8-4-5-9-20/h4-9,11,13,21H,10,12H2,1-3H3,(H,19,22). The molecular formula is C17H23N3O2. The predicted molar refractivity (Wildman–Crippen MR) is 86.0 cm³/mol. The lowest BCUT2D eigenvalue weighted by molar-refractivity contribution is 0.0901. The van der Waals surface area contributed by atoms with E-state index in [1.807, 2.05) is 49.0 Å². The molecule has 0 spiro atoms. The van der Waals surface area contributed by atoms with Gasteiger partial charge in [-0.25, -0.2) is 4.98 Å². The number of aliphatic hydroxyl groups is 1. The molecule has 0 saturated heterocycles. The second-order valence-electron chi connectivity index (χ2n) is 6.40. The summed E-state index contributed by atoms with van der Waals surface area (Å²) in [5, 5.41) is 12.4. The van der Waals surface area contributed by atoms with Gasteiger partial charge in [0, 0.05) is 25.1 Å². The highest BCUT2D eigenvalue weighted by atomic mass is 16.3. The molecule has 2 aromatic heterocycles. The number of nitrogens with zero attached hydrogens (tertiary/aromatic N) is 2. The van der Waals surface area contributed by atoms with Crippen molar-refractivity contribution < 1.29 is 9.90 Å². The molecule has 1 amide bonds. The average Bonchev–Trinajstić information content (AvgIpc) is 2.98. The van der Waals surface area contributed by atoms with E-state index in [0.717, 1.165) is 5.82 Å². The molecule has 118 valence electrons. The Morgan fingerprint density at radius 3 is 2.59 bits per heavy atom. The lowest BCUT2D eigenvalue weighted by Gasteiger charge is -2.26. The summed E-state index contributed by atoms with van der Waals surface area (Å²) in [7, 11) is 0. The quantitative estimate of drug-likeness (QED) is 0.861. The van der Waals surface area contributed by atoms with Gasteiger partial charge in [-0.3, -0.25) is 4.79 Å². The highest BCUT2D eigenvalue weighted by Gasteiger charge is 2.21.